The Labute approximate surface area is 348 Å². The number of carboxylic acids is 1. The molecule has 16 heteroatoms. The van der Waals surface area contributed by atoms with Crippen molar-refractivity contribution in [3.8, 4) is 5.88 Å². The van der Waals surface area contributed by atoms with Gasteiger partial charge in [0.1, 0.15) is 23.7 Å². The highest BCUT2D eigenvalue weighted by atomic mass is 28.3. The molecule has 5 heterocycles. The van der Waals surface area contributed by atoms with Crippen molar-refractivity contribution in [2.75, 3.05) is 41.5 Å². The van der Waals surface area contributed by atoms with E-state index in [1.165, 1.54) is 30.6 Å². The number of amides is 1. The van der Waals surface area contributed by atoms with E-state index in [1.54, 1.807) is 37.4 Å². The van der Waals surface area contributed by atoms with Crippen LogP contribution in [-0.2, 0) is 13.2 Å². The normalized spacial score (nSPS) is 23.6. The molecule has 12 nitrogen and oxygen atoms in total. The first-order valence-electron chi connectivity index (χ1n) is 23.6. The second-order valence-electron chi connectivity index (χ2n) is 14.0. The number of benzene rings is 4. The van der Waals surface area contributed by atoms with Gasteiger partial charge in [0.2, 0.25) is 11.8 Å². The maximum atomic E-state index is 17.5. The summed E-state index contributed by atoms with van der Waals surface area (Å²) in [7, 11) is -3.51. The summed E-state index contributed by atoms with van der Waals surface area (Å²) in [5, 5.41) is 15.5. The van der Waals surface area contributed by atoms with Crippen LogP contribution in [0, 0.1) is 23.4 Å². The van der Waals surface area contributed by atoms with Crippen molar-refractivity contribution in [1.82, 2.24) is 25.3 Å². The topological polar surface area (TPSA) is 165 Å². The summed E-state index contributed by atoms with van der Waals surface area (Å²) in [5.74, 6) is -10.6. The number of aromatic amines is 1. The van der Waals surface area contributed by atoms with E-state index in [0.717, 1.165) is 12.1 Å². The minimum atomic E-state index is -3.51. The number of nitrogens with zero attached hydrogens (tertiary/aromatic N) is 5. The molecule has 0 saturated carbocycles. The number of imidazole rings is 1. The fourth-order valence-corrected chi connectivity index (χ4v) is 10.3. The van der Waals surface area contributed by atoms with Crippen molar-refractivity contribution in [2.24, 2.45) is 0 Å². The number of fused-ring (bicyclic) bond motifs is 3. The van der Waals surface area contributed by atoms with Crippen LogP contribution in [0.5, 0.6) is 5.88 Å². The van der Waals surface area contributed by atoms with E-state index in [9.17, 15) is 14.7 Å². The first-order valence-corrected chi connectivity index (χ1v) is 20.6. The molecule has 0 spiro atoms. The van der Waals surface area contributed by atoms with Crippen LogP contribution in [0.1, 0.15) is 77.7 Å². The van der Waals surface area contributed by atoms with Crippen LogP contribution in [-0.4, -0.2) is 65.9 Å². The number of aromatic carboxylic acids is 1. The van der Waals surface area contributed by atoms with Gasteiger partial charge in [0.15, 0.2) is 36.7 Å². The van der Waals surface area contributed by atoms with Gasteiger partial charge in [-0.1, -0.05) is 37.4 Å². The van der Waals surface area contributed by atoms with E-state index in [4.69, 9.17) is 26.9 Å². The number of anilines is 3. The van der Waals surface area contributed by atoms with Gasteiger partial charge in [-0.2, -0.15) is 18.7 Å². The third-order valence-electron chi connectivity index (χ3n) is 10.2. The fraction of sp³-hybridized carbons (Fsp3) is 0.238. The summed E-state index contributed by atoms with van der Waals surface area (Å²) in [6.45, 7) is -8.79. The van der Waals surface area contributed by atoms with Crippen LogP contribution in [0.25, 0.3) is 11.2 Å². The first kappa shape index (κ1) is 25.6. The van der Waals surface area contributed by atoms with E-state index in [1.807, 2.05) is 0 Å². The lowest BCUT2D eigenvalue weighted by atomic mass is 9.80. The Morgan fingerprint density at radius 3 is 2.09 bits per heavy atom. The van der Waals surface area contributed by atoms with E-state index in [-0.39, 0.29) is 57.9 Å². The van der Waals surface area contributed by atoms with Crippen LogP contribution in [0.4, 0.5) is 30.5 Å². The highest BCUT2D eigenvalue weighted by molar-refractivity contribution is 7.01. The van der Waals surface area contributed by atoms with E-state index < -0.39 is 98.7 Å². The highest BCUT2D eigenvalue weighted by Gasteiger charge is 2.49. The Morgan fingerprint density at radius 1 is 0.897 bits per heavy atom. The summed E-state index contributed by atoms with van der Waals surface area (Å²) in [6, 6.07) is 13.5. The largest absolute Gasteiger partial charge is 0.538 e. The van der Waals surface area contributed by atoms with Gasteiger partial charge >= 0.3 is 0 Å². The van der Waals surface area contributed by atoms with E-state index in [2.05, 4.69) is 25.3 Å². The lowest BCUT2D eigenvalue weighted by Gasteiger charge is -2.39. The molecule has 3 aliphatic heterocycles. The molecule has 2 saturated heterocycles. The average molecular weight is 815 g/mol. The number of H-pyrrole nitrogens is 1. The number of hydrogen-bond donors (Lipinski definition) is 3. The van der Waals surface area contributed by atoms with E-state index in [0.29, 0.717) is 32.1 Å². The van der Waals surface area contributed by atoms with Gasteiger partial charge in [0.05, 0.1) is 28.9 Å². The van der Waals surface area contributed by atoms with Crippen LogP contribution < -0.4 is 41.1 Å². The molecule has 0 aliphatic carbocycles. The zero-order chi connectivity index (χ0) is 51.2. The molecule has 6 aromatic rings. The number of aromatic nitrogens is 4. The fourth-order valence-electron chi connectivity index (χ4n) is 7.24. The van der Waals surface area contributed by atoms with Crippen molar-refractivity contribution in [3.05, 3.63) is 129 Å². The number of hydrogen-bond acceptors (Lipinski definition) is 10. The van der Waals surface area contributed by atoms with Crippen molar-refractivity contribution < 1.29 is 49.1 Å². The molecule has 0 radical (unpaired) electrons. The lowest BCUT2D eigenvalue weighted by Crippen LogP contribution is -2.60. The number of carbonyl (C=O) groups excluding carboxylic acids is 2. The van der Waals surface area contributed by atoms with Gasteiger partial charge in [-0.05, 0) is 70.6 Å². The van der Waals surface area contributed by atoms with Gasteiger partial charge in [-0.3, -0.25) is 4.79 Å². The van der Waals surface area contributed by atoms with Crippen molar-refractivity contribution >= 4 is 58.8 Å². The summed E-state index contributed by atoms with van der Waals surface area (Å²) in [6.07, 6.45) is -4.67. The van der Waals surface area contributed by atoms with Crippen molar-refractivity contribution in [1.29, 1.82) is 0 Å². The van der Waals surface area contributed by atoms with Crippen molar-refractivity contribution in [2.45, 2.75) is 39.0 Å². The molecule has 0 unspecified atom stereocenters. The highest BCUT2D eigenvalue weighted by Crippen LogP contribution is 2.42. The maximum absolute atomic E-state index is 17.5. The third-order valence-corrected chi connectivity index (χ3v) is 13.7. The summed E-state index contributed by atoms with van der Waals surface area (Å²) in [5.41, 5.74) is 2.49. The Bertz CT molecular complexity index is 3090. The lowest BCUT2D eigenvalue weighted by molar-refractivity contribution is -0.255. The van der Waals surface area contributed by atoms with Gasteiger partial charge in [-0.15, -0.1) is 0 Å². The van der Waals surface area contributed by atoms with Gasteiger partial charge < -0.3 is 40.5 Å². The third kappa shape index (κ3) is 6.14. The number of carbonyl (C=O) groups is 2. The molecule has 58 heavy (non-hydrogen) atoms. The second kappa shape index (κ2) is 14.1. The van der Waals surface area contributed by atoms with Crippen LogP contribution in [0.2, 0.25) is 13.1 Å². The molecule has 2 aromatic heterocycles. The van der Waals surface area contributed by atoms with Gasteiger partial charge in [0, 0.05) is 60.4 Å². The SMILES string of the molecule is [2H]C1([2H])N(c2ccc3c(c2)[Si](C)(C)c2cc(N4C([2H])([2H])C([2H])([2H])C4([2H])[2H])ccc2[C+]3c2c(F)c(C(=O)NCc3ccc(COc4nc(N)nc5[nH]cnc45)cc3)c(F)c(F)c2C(=O)[O-])C([2H])([2H])C1([2H])[2H]. The Balaban J connectivity index is 1.12. The zero-order valence-electron chi connectivity index (χ0n) is 42.3. The standard InChI is InChI=1S/C42H37F3N8O4Si/c1-58(2)28-17-24(52-13-3-14-52)9-11-26(28)30(27-12-10-25(18-29(27)58)53-15-4-16-53)31-32(41(55)56)35(44)36(45)33(34(31)43)39(54)47-19-22-5-7-23(8-6-22)20-57-40-37-38(49-21-48-37)50-42(46)51-40/h5-12,17-18,21H,3-4,13-16,19-20H2,1-2H3,(H4-,46,47,48,49,50,51,54,55,56)/i3D2,4D2,13D2,14D2,15D2,16D2. The summed E-state index contributed by atoms with van der Waals surface area (Å²) in [4.78, 5) is 42.8. The maximum Gasteiger partial charge on any atom is 0.263 e. The van der Waals surface area contributed by atoms with Crippen LogP contribution in [0.3, 0.4) is 0 Å². The second-order valence-corrected chi connectivity index (χ2v) is 18.3. The number of nitrogens with two attached hydrogens (primary N) is 1. The molecule has 3 aliphatic rings. The van der Waals surface area contributed by atoms with Gasteiger partial charge in [-0.25, -0.2) is 9.37 Å². The number of nitrogen functional groups attached to an aromatic ring is 1. The monoisotopic (exact) mass is 814 g/mol. The summed E-state index contributed by atoms with van der Waals surface area (Å²) < 4.78 is 156. The molecule has 4 N–H and O–H groups in total. The Morgan fingerprint density at radius 2 is 1.48 bits per heavy atom. The smallest absolute Gasteiger partial charge is 0.263 e. The molecule has 1 amide bonds. The number of halogens is 3. The van der Waals surface area contributed by atoms with Crippen LogP contribution in [0.15, 0.2) is 67.0 Å². The Hall–Kier alpha value is -6.55. The summed E-state index contributed by atoms with van der Waals surface area (Å²) >= 11 is 0. The molecule has 4 aromatic carbocycles. The molecular weight excluding hydrogens is 766 g/mol. The zero-order valence-corrected chi connectivity index (χ0v) is 31.3. The number of ether oxygens (including phenoxy) is 1. The van der Waals surface area contributed by atoms with E-state index >= 15 is 13.2 Å². The Kier molecular flexibility index (Phi) is 6.25. The predicted molar refractivity (Wildman–Crippen MR) is 213 cm³/mol. The van der Waals surface area contributed by atoms with Gasteiger partial charge in [0.25, 0.3) is 5.91 Å². The molecule has 9 rings (SSSR count). The molecule has 294 valence electrons. The first-order chi connectivity index (χ1) is 32.4. The van der Waals surface area contributed by atoms with Crippen molar-refractivity contribution in [3.63, 3.8) is 0 Å². The minimum absolute atomic E-state index is 0.0126. The predicted octanol–water partition coefficient (Wildman–Crippen LogP) is 3.80. The average Bonchev–Trinajstić information content (AvgIpc) is 3.75. The molecule has 0 bridgehead atoms. The number of carboxylic acid groups (broad SMARTS) is 1. The quantitative estimate of drug-likeness (QED) is 0.105. The molecule has 2 fully saturated rings. The minimum Gasteiger partial charge on any atom is -0.538 e. The van der Waals surface area contributed by atoms with Crippen LogP contribution >= 0.6 is 0 Å². The molecule has 0 atom stereocenters. The number of nitrogens with one attached hydrogen (secondary N) is 2. The molecular formula is C42H37F3N8O4Si. The number of rotatable bonds is 10.